The van der Waals surface area contributed by atoms with Crippen molar-refractivity contribution in [2.24, 2.45) is 0 Å². The fraction of sp³-hybridized carbons (Fsp3) is 0. The van der Waals surface area contributed by atoms with Crippen molar-refractivity contribution >= 4 is 30.2 Å². The van der Waals surface area contributed by atoms with Gasteiger partial charge in [-0.25, -0.2) is 0 Å². The van der Waals surface area contributed by atoms with E-state index in [-0.39, 0.29) is 15.1 Å². The average Bonchev–Trinajstić information content (AvgIpc) is 2.52. The smallest absolute Gasteiger partial charge is 0.0809 e. The van der Waals surface area contributed by atoms with Crippen LogP contribution in [0.5, 0.6) is 0 Å². The molecule has 2 aromatic carbocycles. The predicted molar refractivity (Wildman–Crippen MR) is 51.2 cm³/mol. The zero-order valence-electron chi connectivity index (χ0n) is 6.15. The Balaban J connectivity index is 0.000000213. The van der Waals surface area contributed by atoms with Gasteiger partial charge in [0.15, 0.2) is 0 Å². The second kappa shape index (κ2) is 5.64. The summed E-state index contributed by atoms with van der Waals surface area (Å²) in [6.45, 7) is 0. The molecule has 0 atom stereocenters. The third kappa shape index (κ3) is 2.82. The molecule has 0 amide bonds. The molecule has 0 aliphatic carbocycles. The standard InChI is InChI=1S/C9H7.2ClH.Ru/c1-2-5-9-7-3-6-8(9)4-1;;;/h1-7H;2*1H;/q-1;;;+2/p-2. The number of hydrogen-bond acceptors (Lipinski definition) is 0. The van der Waals surface area contributed by atoms with Crippen molar-refractivity contribution in [3.05, 3.63) is 42.5 Å². The molecule has 0 unspecified atom stereocenters. The fourth-order valence-electron chi connectivity index (χ4n) is 1.07. The van der Waals surface area contributed by atoms with Gasteiger partial charge in [0.05, 0.1) is 0 Å². The molecular weight excluding hydrogens is 280 g/mol. The van der Waals surface area contributed by atoms with E-state index in [4.69, 9.17) is 19.4 Å². The minimum Gasteiger partial charge on any atom is -0.168 e. The van der Waals surface area contributed by atoms with E-state index in [1.165, 1.54) is 10.8 Å². The summed E-state index contributed by atoms with van der Waals surface area (Å²) in [4.78, 5) is 0. The predicted octanol–water partition coefficient (Wildman–Crippen LogP) is 3.94. The normalized spacial score (nSPS) is 9.50. The molecule has 12 heavy (non-hydrogen) atoms. The molecule has 0 fully saturated rings. The van der Waals surface area contributed by atoms with Crippen molar-refractivity contribution in [2.75, 3.05) is 0 Å². The van der Waals surface area contributed by atoms with Gasteiger partial charge in [-0.3, -0.25) is 0 Å². The van der Waals surface area contributed by atoms with Crippen LogP contribution < -0.4 is 0 Å². The number of fused-ring (bicyclic) bond motifs is 1. The van der Waals surface area contributed by atoms with E-state index in [1.807, 2.05) is 0 Å². The molecule has 0 spiro atoms. The van der Waals surface area contributed by atoms with Gasteiger partial charge in [0.25, 0.3) is 0 Å². The Morgan fingerprint density at radius 1 is 1.08 bits per heavy atom. The minimum atomic E-state index is -0.346. The maximum Gasteiger partial charge on any atom is -0.0809 e. The Morgan fingerprint density at radius 3 is 2.42 bits per heavy atom. The van der Waals surface area contributed by atoms with E-state index in [0.717, 1.165) is 0 Å². The number of benzene rings is 1. The van der Waals surface area contributed by atoms with Crippen LogP contribution in [0.2, 0.25) is 0 Å². The number of halogens is 2. The first kappa shape index (κ1) is 10.1. The topological polar surface area (TPSA) is 0 Å². The summed E-state index contributed by atoms with van der Waals surface area (Å²) in [6, 6.07) is 14.7. The van der Waals surface area contributed by atoms with Crippen molar-refractivity contribution in [3.8, 4) is 0 Å². The first-order valence-electron chi connectivity index (χ1n) is 3.34. The summed E-state index contributed by atoms with van der Waals surface area (Å²) in [5.41, 5.74) is 0. The van der Waals surface area contributed by atoms with Crippen LogP contribution in [0, 0.1) is 0 Å². The summed E-state index contributed by atoms with van der Waals surface area (Å²) < 4.78 is 0. The molecule has 0 heterocycles. The molecule has 0 aliphatic heterocycles. The molecule has 66 valence electrons. The monoisotopic (exact) mass is 287 g/mol. The fourth-order valence-corrected chi connectivity index (χ4v) is 1.07. The molecule has 0 radical (unpaired) electrons. The van der Waals surface area contributed by atoms with Crippen LogP contribution >= 0.6 is 19.4 Å². The van der Waals surface area contributed by atoms with Crippen molar-refractivity contribution in [1.29, 1.82) is 0 Å². The van der Waals surface area contributed by atoms with E-state index in [1.54, 1.807) is 0 Å². The van der Waals surface area contributed by atoms with Crippen LogP contribution in [0.4, 0.5) is 0 Å². The molecule has 0 N–H and O–H groups in total. The van der Waals surface area contributed by atoms with Gasteiger partial charge in [0, 0.05) is 0 Å². The van der Waals surface area contributed by atoms with Gasteiger partial charge in [-0.05, 0) is 0 Å². The van der Waals surface area contributed by atoms with Crippen molar-refractivity contribution in [3.63, 3.8) is 0 Å². The first-order chi connectivity index (χ1) is 5.88. The second-order valence-corrected chi connectivity index (χ2v) is 4.84. The van der Waals surface area contributed by atoms with Gasteiger partial charge in [-0.15, -0.1) is 29.7 Å². The van der Waals surface area contributed by atoms with Crippen LogP contribution in [-0.2, 0) is 15.1 Å². The van der Waals surface area contributed by atoms with E-state index < -0.39 is 0 Å². The zero-order valence-corrected chi connectivity index (χ0v) is 9.40. The molecule has 2 aromatic rings. The van der Waals surface area contributed by atoms with E-state index in [2.05, 4.69) is 42.5 Å². The maximum atomic E-state index is 4.85. The van der Waals surface area contributed by atoms with Crippen molar-refractivity contribution in [1.82, 2.24) is 0 Å². The molecule has 0 bridgehead atoms. The molecule has 0 saturated carbocycles. The SMILES string of the molecule is [Cl][Ru][Cl].c1ccc2[cH-]ccc2c1. The Hall–Kier alpha value is 0.0334. The summed E-state index contributed by atoms with van der Waals surface area (Å²) in [5.74, 6) is 0. The zero-order chi connectivity index (χ0) is 8.81. The van der Waals surface area contributed by atoms with Gasteiger partial charge in [-0.2, -0.15) is 17.5 Å². The largest absolute Gasteiger partial charge is 0.168 e. The van der Waals surface area contributed by atoms with Gasteiger partial charge >= 0.3 is 34.5 Å². The molecule has 0 aromatic heterocycles. The van der Waals surface area contributed by atoms with Gasteiger partial charge in [0.1, 0.15) is 0 Å². The Morgan fingerprint density at radius 2 is 1.75 bits per heavy atom. The van der Waals surface area contributed by atoms with Crippen LogP contribution in [0.25, 0.3) is 10.8 Å². The molecular formula is C9H7Cl2Ru-. The van der Waals surface area contributed by atoms with Crippen LogP contribution in [0.15, 0.2) is 42.5 Å². The van der Waals surface area contributed by atoms with E-state index in [0.29, 0.717) is 0 Å². The molecule has 3 heteroatoms. The average molecular weight is 287 g/mol. The summed E-state index contributed by atoms with van der Waals surface area (Å²) >= 11 is -0.346. The molecule has 0 saturated heterocycles. The van der Waals surface area contributed by atoms with E-state index in [9.17, 15) is 0 Å². The first-order valence-corrected chi connectivity index (χ1v) is 7.81. The van der Waals surface area contributed by atoms with E-state index >= 15 is 0 Å². The van der Waals surface area contributed by atoms with Crippen LogP contribution in [0.3, 0.4) is 0 Å². The second-order valence-electron chi connectivity index (χ2n) is 2.21. The maximum absolute atomic E-state index is 4.85. The number of hydrogen-bond donors (Lipinski definition) is 0. The Kier molecular flexibility index (Phi) is 4.75. The third-order valence-electron chi connectivity index (χ3n) is 1.55. The van der Waals surface area contributed by atoms with Gasteiger partial charge in [0.2, 0.25) is 0 Å². The summed E-state index contributed by atoms with van der Waals surface area (Å²) in [5, 5.41) is 2.66. The van der Waals surface area contributed by atoms with Crippen molar-refractivity contribution in [2.45, 2.75) is 0 Å². The third-order valence-corrected chi connectivity index (χ3v) is 1.55. The molecule has 0 aliphatic rings. The van der Waals surface area contributed by atoms with Crippen LogP contribution in [-0.4, -0.2) is 0 Å². The Bertz CT molecular complexity index is 300. The minimum absolute atomic E-state index is 0.346. The summed E-state index contributed by atoms with van der Waals surface area (Å²) in [6.07, 6.45) is 0. The van der Waals surface area contributed by atoms with Crippen LogP contribution in [0.1, 0.15) is 0 Å². The number of rotatable bonds is 0. The molecule has 0 nitrogen and oxygen atoms in total. The summed E-state index contributed by atoms with van der Waals surface area (Å²) in [7, 11) is 9.71. The quantitative estimate of drug-likeness (QED) is 0.508. The Labute approximate surface area is 87.5 Å². The molecule has 2 rings (SSSR count). The van der Waals surface area contributed by atoms with Crippen molar-refractivity contribution < 1.29 is 15.1 Å². The van der Waals surface area contributed by atoms with Gasteiger partial charge in [-0.1, -0.05) is 6.07 Å². The van der Waals surface area contributed by atoms with Gasteiger partial charge < -0.3 is 0 Å².